The lowest BCUT2D eigenvalue weighted by Gasteiger charge is -2.24. The van der Waals surface area contributed by atoms with Crippen molar-refractivity contribution in [3.63, 3.8) is 0 Å². The number of aliphatic hydroxyl groups excluding tert-OH is 1. The fraction of sp³-hybridized carbons (Fsp3) is 0.235. The van der Waals surface area contributed by atoms with Gasteiger partial charge in [-0.15, -0.1) is 0 Å². The third-order valence-corrected chi connectivity index (χ3v) is 3.81. The molecule has 0 fully saturated rings. The summed E-state index contributed by atoms with van der Waals surface area (Å²) in [4.78, 5) is 16.0. The number of nitrogens with one attached hydrogen (secondary N) is 1. The molecule has 0 spiro atoms. The number of nitrogens with zero attached hydrogens (tertiary/aromatic N) is 1. The lowest BCUT2D eigenvalue weighted by molar-refractivity contribution is -0.128. The molecule has 3 atom stereocenters. The Morgan fingerprint density at radius 3 is 2.62 bits per heavy atom. The van der Waals surface area contributed by atoms with Crippen LogP contribution in [0.2, 0.25) is 5.02 Å². The van der Waals surface area contributed by atoms with Crippen LogP contribution in [0.3, 0.4) is 0 Å². The summed E-state index contributed by atoms with van der Waals surface area (Å²) in [5.41, 5.74) is -0.507. The Labute approximate surface area is 142 Å². The number of carbonyl (C=O) groups excluding carboxylic acids is 1. The van der Waals surface area contributed by atoms with E-state index in [0.717, 1.165) is 13.0 Å². The van der Waals surface area contributed by atoms with Gasteiger partial charge in [-0.3, -0.25) is 9.78 Å². The van der Waals surface area contributed by atoms with Gasteiger partial charge in [0.2, 0.25) is 0 Å². The van der Waals surface area contributed by atoms with Crippen molar-refractivity contribution in [3.05, 3.63) is 64.7 Å². The fourth-order valence-electron chi connectivity index (χ4n) is 2.32. The predicted molar refractivity (Wildman–Crippen MR) is 86.5 cm³/mol. The van der Waals surface area contributed by atoms with Gasteiger partial charge >= 0.3 is 0 Å². The van der Waals surface area contributed by atoms with Crippen LogP contribution in [-0.4, -0.2) is 27.8 Å². The summed E-state index contributed by atoms with van der Waals surface area (Å²) in [5.74, 6) is -3.40. The zero-order chi connectivity index (χ0) is 17.9. The number of halogens is 3. The molecular formula is C17H15ClF2N2O2. The van der Waals surface area contributed by atoms with Gasteiger partial charge in [0.1, 0.15) is 5.82 Å². The predicted octanol–water partition coefficient (Wildman–Crippen LogP) is 3.52. The van der Waals surface area contributed by atoms with Crippen LogP contribution in [0, 0.1) is 17.1 Å². The Balaban J connectivity index is 2.46. The first-order valence-corrected chi connectivity index (χ1v) is 7.50. The zero-order valence-electron chi connectivity index (χ0n) is 12.7. The number of rotatable bonds is 6. The molecule has 0 amide bonds. The number of hydrogen-bond acceptors (Lipinski definition) is 4. The van der Waals surface area contributed by atoms with Crippen molar-refractivity contribution >= 4 is 23.1 Å². The number of ketones is 1. The number of hydrogen-bond donors (Lipinski definition) is 2. The Morgan fingerprint density at radius 2 is 2.08 bits per heavy atom. The van der Waals surface area contributed by atoms with Crippen LogP contribution in [0.15, 0.2) is 42.7 Å². The summed E-state index contributed by atoms with van der Waals surface area (Å²) >= 11 is 5.68. The Morgan fingerprint density at radius 1 is 1.38 bits per heavy atom. The van der Waals surface area contributed by atoms with Crippen molar-refractivity contribution in [1.82, 2.24) is 4.98 Å². The standard InChI is InChI=1S/C17H15ClF2N2O2/c1-9(19)16(23)14(17(24)10-3-2-6-22-8-10)15(21)12-5-4-11(18)7-13(12)20/h2-9,14,17,21,24H,1H3. The molecular weight excluding hydrogens is 338 g/mol. The maximum atomic E-state index is 14.1. The van der Waals surface area contributed by atoms with Gasteiger partial charge in [0.25, 0.3) is 0 Å². The second-order valence-corrected chi connectivity index (χ2v) is 5.70. The molecule has 4 nitrogen and oxygen atoms in total. The minimum Gasteiger partial charge on any atom is -0.387 e. The Hall–Kier alpha value is -2.18. The molecule has 24 heavy (non-hydrogen) atoms. The van der Waals surface area contributed by atoms with Crippen molar-refractivity contribution < 1.29 is 18.7 Å². The maximum Gasteiger partial charge on any atom is 0.178 e. The van der Waals surface area contributed by atoms with E-state index in [-0.39, 0.29) is 16.1 Å². The summed E-state index contributed by atoms with van der Waals surface area (Å²) in [5, 5.41) is 18.7. The highest BCUT2D eigenvalue weighted by Gasteiger charge is 2.36. The molecule has 0 saturated carbocycles. The monoisotopic (exact) mass is 352 g/mol. The number of carbonyl (C=O) groups is 1. The maximum absolute atomic E-state index is 14.1. The topological polar surface area (TPSA) is 74.0 Å². The highest BCUT2D eigenvalue weighted by Crippen LogP contribution is 2.29. The van der Waals surface area contributed by atoms with Crippen molar-refractivity contribution in [1.29, 1.82) is 5.41 Å². The summed E-state index contributed by atoms with van der Waals surface area (Å²) in [7, 11) is 0. The van der Waals surface area contributed by atoms with Crippen molar-refractivity contribution in [2.45, 2.75) is 19.2 Å². The Bertz CT molecular complexity index is 754. The molecule has 2 aromatic rings. The van der Waals surface area contributed by atoms with Crippen LogP contribution in [0.5, 0.6) is 0 Å². The van der Waals surface area contributed by atoms with Gasteiger partial charge in [0, 0.05) is 23.0 Å². The first-order valence-electron chi connectivity index (χ1n) is 7.12. The van der Waals surface area contributed by atoms with Crippen LogP contribution in [-0.2, 0) is 4.79 Å². The third kappa shape index (κ3) is 3.83. The van der Waals surface area contributed by atoms with E-state index in [0.29, 0.717) is 0 Å². The van der Waals surface area contributed by atoms with Crippen LogP contribution < -0.4 is 0 Å². The van der Waals surface area contributed by atoms with Crippen LogP contribution in [0.1, 0.15) is 24.2 Å². The smallest absolute Gasteiger partial charge is 0.178 e. The number of aliphatic hydroxyl groups is 1. The van der Waals surface area contributed by atoms with E-state index in [9.17, 15) is 18.7 Å². The largest absolute Gasteiger partial charge is 0.387 e. The van der Waals surface area contributed by atoms with E-state index in [1.165, 1.54) is 36.7 Å². The second-order valence-electron chi connectivity index (χ2n) is 5.27. The number of Topliss-reactive ketones (excluding diaryl/α,β-unsaturated/α-hetero) is 1. The number of pyridine rings is 1. The average molecular weight is 353 g/mol. The van der Waals surface area contributed by atoms with Gasteiger partial charge in [-0.25, -0.2) is 8.78 Å². The highest BCUT2D eigenvalue weighted by atomic mass is 35.5. The highest BCUT2D eigenvalue weighted by molar-refractivity contribution is 6.30. The van der Waals surface area contributed by atoms with E-state index in [2.05, 4.69) is 4.98 Å². The Kier molecular flexibility index (Phi) is 5.75. The molecule has 1 aromatic carbocycles. The molecule has 0 saturated heterocycles. The number of benzene rings is 1. The molecule has 3 unspecified atom stereocenters. The SMILES string of the molecule is CC(F)C(=O)C(C(=N)c1ccc(Cl)cc1F)C(O)c1cccnc1. The van der Waals surface area contributed by atoms with Crippen molar-refractivity contribution in [2.75, 3.05) is 0 Å². The molecule has 2 N–H and O–H groups in total. The molecule has 1 heterocycles. The van der Waals surface area contributed by atoms with Gasteiger partial charge < -0.3 is 10.5 Å². The lowest BCUT2D eigenvalue weighted by Crippen LogP contribution is -2.35. The number of alkyl halides is 1. The van der Waals surface area contributed by atoms with Crippen LogP contribution >= 0.6 is 11.6 Å². The fourth-order valence-corrected chi connectivity index (χ4v) is 2.48. The molecule has 0 aliphatic carbocycles. The van der Waals surface area contributed by atoms with Gasteiger partial charge in [-0.05, 0) is 36.8 Å². The van der Waals surface area contributed by atoms with E-state index in [4.69, 9.17) is 17.0 Å². The van der Waals surface area contributed by atoms with E-state index < -0.39 is 35.5 Å². The summed E-state index contributed by atoms with van der Waals surface area (Å²) < 4.78 is 27.6. The normalized spacial score (nSPS) is 14.7. The zero-order valence-corrected chi connectivity index (χ0v) is 13.5. The van der Waals surface area contributed by atoms with E-state index in [1.807, 2.05) is 0 Å². The molecule has 0 radical (unpaired) electrons. The molecule has 126 valence electrons. The molecule has 2 rings (SSSR count). The third-order valence-electron chi connectivity index (χ3n) is 3.57. The van der Waals surface area contributed by atoms with E-state index >= 15 is 0 Å². The minimum atomic E-state index is -1.92. The summed E-state index contributed by atoms with van der Waals surface area (Å²) in [6.45, 7) is 1.01. The van der Waals surface area contributed by atoms with Crippen molar-refractivity contribution in [2.24, 2.45) is 5.92 Å². The van der Waals surface area contributed by atoms with Gasteiger partial charge in [0.05, 0.1) is 17.7 Å². The van der Waals surface area contributed by atoms with E-state index in [1.54, 1.807) is 0 Å². The molecule has 0 aliphatic rings. The average Bonchev–Trinajstić information content (AvgIpc) is 2.55. The minimum absolute atomic E-state index is 0.124. The van der Waals surface area contributed by atoms with Gasteiger partial charge in [0.15, 0.2) is 12.0 Å². The lowest BCUT2D eigenvalue weighted by atomic mass is 9.84. The first kappa shape index (κ1) is 18.2. The van der Waals surface area contributed by atoms with Crippen molar-refractivity contribution in [3.8, 4) is 0 Å². The molecule has 0 bridgehead atoms. The van der Waals surface area contributed by atoms with Gasteiger partial charge in [-0.1, -0.05) is 17.7 Å². The number of aromatic nitrogens is 1. The van der Waals surface area contributed by atoms with Crippen LogP contribution in [0.4, 0.5) is 8.78 Å². The van der Waals surface area contributed by atoms with Crippen LogP contribution in [0.25, 0.3) is 0 Å². The summed E-state index contributed by atoms with van der Waals surface area (Å²) in [6, 6.07) is 6.59. The molecule has 1 aromatic heterocycles. The van der Waals surface area contributed by atoms with Gasteiger partial charge in [-0.2, -0.15) is 0 Å². The summed E-state index contributed by atoms with van der Waals surface area (Å²) in [6.07, 6.45) is -0.669. The first-order chi connectivity index (χ1) is 11.3. The molecule has 0 aliphatic heterocycles. The quantitative estimate of drug-likeness (QED) is 0.781. The molecule has 7 heteroatoms. The second kappa shape index (κ2) is 7.59.